The Morgan fingerprint density at radius 2 is 2.14 bits per heavy atom. The number of thiazole rings is 1. The van der Waals surface area contributed by atoms with Crippen LogP contribution in [-0.4, -0.2) is 33.9 Å². The smallest absolute Gasteiger partial charge is 0.265 e. The molecule has 1 unspecified atom stereocenters. The van der Waals surface area contributed by atoms with Gasteiger partial charge in [-0.05, 0) is 37.8 Å². The van der Waals surface area contributed by atoms with Crippen LogP contribution in [0.3, 0.4) is 0 Å². The van der Waals surface area contributed by atoms with Crippen molar-refractivity contribution < 1.29 is 4.79 Å². The van der Waals surface area contributed by atoms with Crippen molar-refractivity contribution in [2.75, 3.05) is 13.1 Å². The number of aromatic nitrogens is 2. The number of amides is 1. The van der Waals surface area contributed by atoms with E-state index in [1.165, 1.54) is 17.8 Å². The van der Waals surface area contributed by atoms with Crippen molar-refractivity contribution in [1.82, 2.24) is 14.9 Å². The number of piperidine rings is 1. The lowest BCUT2D eigenvalue weighted by Gasteiger charge is -2.30. The van der Waals surface area contributed by atoms with Crippen molar-refractivity contribution in [2.24, 2.45) is 5.92 Å². The normalized spacial score (nSPS) is 18.8. The molecular formula is C16H19N3OS. The zero-order valence-electron chi connectivity index (χ0n) is 12.4. The molecule has 4 nitrogen and oxygen atoms in total. The van der Waals surface area contributed by atoms with E-state index in [1.54, 1.807) is 12.4 Å². The molecule has 1 atom stereocenters. The van der Waals surface area contributed by atoms with Gasteiger partial charge in [0.1, 0.15) is 9.88 Å². The van der Waals surface area contributed by atoms with E-state index < -0.39 is 0 Å². The summed E-state index contributed by atoms with van der Waals surface area (Å²) < 4.78 is 0. The first-order valence-electron chi connectivity index (χ1n) is 7.32. The standard InChI is InChI=1S/C16H19N3OS/c1-11-4-3-9-19(10-11)16(20)14-12(2)18-15(21-14)13-5-7-17-8-6-13/h5-8,11H,3-4,9-10H2,1-2H3. The Kier molecular flexibility index (Phi) is 4.01. The van der Waals surface area contributed by atoms with Crippen LogP contribution in [0.25, 0.3) is 10.6 Å². The van der Waals surface area contributed by atoms with Gasteiger partial charge in [-0.15, -0.1) is 11.3 Å². The Hall–Kier alpha value is -1.75. The fourth-order valence-corrected chi connectivity index (χ4v) is 3.77. The van der Waals surface area contributed by atoms with Gasteiger partial charge in [0, 0.05) is 31.0 Å². The highest BCUT2D eigenvalue weighted by Gasteiger charge is 2.25. The largest absolute Gasteiger partial charge is 0.338 e. The Labute approximate surface area is 128 Å². The monoisotopic (exact) mass is 301 g/mol. The van der Waals surface area contributed by atoms with Crippen molar-refractivity contribution in [1.29, 1.82) is 0 Å². The lowest BCUT2D eigenvalue weighted by atomic mass is 10.0. The third-order valence-electron chi connectivity index (χ3n) is 3.86. The third-order valence-corrected chi connectivity index (χ3v) is 5.06. The number of carbonyl (C=O) groups excluding carboxylic acids is 1. The molecule has 0 aromatic carbocycles. The number of aryl methyl sites for hydroxylation is 1. The predicted molar refractivity (Wildman–Crippen MR) is 84.4 cm³/mol. The van der Waals surface area contributed by atoms with E-state index in [2.05, 4.69) is 16.9 Å². The van der Waals surface area contributed by atoms with Gasteiger partial charge < -0.3 is 4.90 Å². The lowest BCUT2D eigenvalue weighted by molar-refractivity contribution is 0.0687. The van der Waals surface area contributed by atoms with Gasteiger partial charge in [-0.1, -0.05) is 6.92 Å². The molecule has 0 bridgehead atoms. The molecule has 21 heavy (non-hydrogen) atoms. The highest BCUT2D eigenvalue weighted by Crippen LogP contribution is 2.29. The van der Waals surface area contributed by atoms with Crippen LogP contribution in [0.4, 0.5) is 0 Å². The molecule has 1 aliphatic heterocycles. The van der Waals surface area contributed by atoms with Crippen LogP contribution < -0.4 is 0 Å². The number of rotatable bonds is 2. The van der Waals surface area contributed by atoms with E-state index in [4.69, 9.17) is 0 Å². The minimum Gasteiger partial charge on any atom is -0.338 e. The summed E-state index contributed by atoms with van der Waals surface area (Å²) in [6, 6.07) is 3.85. The molecule has 0 aliphatic carbocycles. The molecule has 2 aromatic rings. The second-order valence-electron chi connectivity index (χ2n) is 5.67. The minimum atomic E-state index is 0.136. The topological polar surface area (TPSA) is 46.1 Å². The maximum atomic E-state index is 12.7. The van der Waals surface area contributed by atoms with Crippen LogP contribution in [0.1, 0.15) is 35.1 Å². The summed E-state index contributed by atoms with van der Waals surface area (Å²) in [4.78, 5) is 24.0. The Bertz CT molecular complexity index is 638. The molecule has 0 radical (unpaired) electrons. The Balaban J connectivity index is 1.86. The molecular weight excluding hydrogens is 282 g/mol. The molecule has 0 saturated carbocycles. The Morgan fingerprint density at radius 1 is 1.38 bits per heavy atom. The molecule has 1 saturated heterocycles. The van der Waals surface area contributed by atoms with Crippen LogP contribution in [0.5, 0.6) is 0 Å². The first kappa shape index (κ1) is 14.2. The van der Waals surface area contributed by atoms with E-state index in [-0.39, 0.29) is 5.91 Å². The molecule has 1 amide bonds. The maximum Gasteiger partial charge on any atom is 0.265 e. The minimum absolute atomic E-state index is 0.136. The summed E-state index contributed by atoms with van der Waals surface area (Å²) in [6.07, 6.45) is 5.81. The molecule has 2 aromatic heterocycles. The van der Waals surface area contributed by atoms with Crippen molar-refractivity contribution in [2.45, 2.75) is 26.7 Å². The van der Waals surface area contributed by atoms with Gasteiger partial charge in [-0.3, -0.25) is 9.78 Å². The SMILES string of the molecule is Cc1nc(-c2ccncc2)sc1C(=O)N1CCCC(C)C1. The number of carbonyl (C=O) groups is 1. The van der Waals surface area contributed by atoms with E-state index in [0.717, 1.165) is 40.7 Å². The van der Waals surface area contributed by atoms with Crippen molar-refractivity contribution in [3.8, 4) is 10.6 Å². The molecule has 110 valence electrons. The van der Waals surface area contributed by atoms with Crippen LogP contribution in [0.15, 0.2) is 24.5 Å². The third kappa shape index (κ3) is 2.97. The molecule has 5 heteroatoms. The highest BCUT2D eigenvalue weighted by atomic mass is 32.1. The predicted octanol–water partition coefficient (Wildman–Crippen LogP) is 3.39. The average Bonchev–Trinajstić information content (AvgIpc) is 2.89. The molecule has 0 N–H and O–H groups in total. The van der Waals surface area contributed by atoms with Gasteiger partial charge in [-0.25, -0.2) is 4.98 Å². The molecule has 3 heterocycles. The fourth-order valence-electron chi connectivity index (χ4n) is 2.73. The van der Waals surface area contributed by atoms with Crippen molar-refractivity contribution in [3.63, 3.8) is 0 Å². The molecule has 3 rings (SSSR count). The number of nitrogens with zero attached hydrogens (tertiary/aromatic N) is 3. The van der Waals surface area contributed by atoms with E-state index in [1.807, 2.05) is 24.0 Å². The second kappa shape index (κ2) is 5.93. The van der Waals surface area contributed by atoms with Gasteiger partial charge in [0.2, 0.25) is 0 Å². The maximum absolute atomic E-state index is 12.7. The summed E-state index contributed by atoms with van der Waals surface area (Å²) in [5.41, 5.74) is 1.85. The average molecular weight is 301 g/mol. The number of likely N-dealkylation sites (tertiary alicyclic amines) is 1. The van der Waals surface area contributed by atoms with Crippen molar-refractivity contribution in [3.05, 3.63) is 35.1 Å². The van der Waals surface area contributed by atoms with Gasteiger partial charge >= 0.3 is 0 Å². The van der Waals surface area contributed by atoms with E-state index in [0.29, 0.717) is 5.92 Å². The van der Waals surface area contributed by atoms with Crippen LogP contribution >= 0.6 is 11.3 Å². The summed E-state index contributed by atoms with van der Waals surface area (Å²) in [5.74, 6) is 0.729. The molecule has 1 aliphatic rings. The van der Waals surface area contributed by atoms with Gasteiger partial charge in [0.15, 0.2) is 0 Å². The first-order valence-corrected chi connectivity index (χ1v) is 8.14. The zero-order valence-corrected chi connectivity index (χ0v) is 13.2. The van der Waals surface area contributed by atoms with Gasteiger partial charge in [0.05, 0.1) is 5.69 Å². The highest BCUT2D eigenvalue weighted by molar-refractivity contribution is 7.17. The van der Waals surface area contributed by atoms with Crippen LogP contribution in [0, 0.1) is 12.8 Å². The summed E-state index contributed by atoms with van der Waals surface area (Å²) >= 11 is 1.49. The quantitative estimate of drug-likeness (QED) is 0.854. The van der Waals surface area contributed by atoms with E-state index in [9.17, 15) is 4.79 Å². The molecule has 0 spiro atoms. The number of pyridine rings is 1. The van der Waals surface area contributed by atoms with Gasteiger partial charge in [-0.2, -0.15) is 0 Å². The van der Waals surface area contributed by atoms with Crippen LogP contribution in [0.2, 0.25) is 0 Å². The lowest BCUT2D eigenvalue weighted by Crippen LogP contribution is -2.39. The summed E-state index contributed by atoms with van der Waals surface area (Å²) in [6.45, 7) is 5.86. The first-order chi connectivity index (χ1) is 10.1. The zero-order chi connectivity index (χ0) is 14.8. The van der Waals surface area contributed by atoms with E-state index >= 15 is 0 Å². The number of hydrogen-bond acceptors (Lipinski definition) is 4. The number of hydrogen-bond donors (Lipinski definition) is 0. The van der Waals surface area contributed by atoms with Gasteiger partial charge in [0.25, 0.3) is 5.91 Å². The van der Waals surface area contributed by atoms with Crippen LogP contribution in [-0.2, 0) is 0 Å². The van der Waals surface area contributed by atoms with Crippen molar-refractivity contribution >= 4 is 17.2 Å². The summed E-state index contributed by atoms with van der Waals surface area (Å²) in [5, 5.41) is 0.892. The summed E-state index contributed by atoms with van der Waals surface area (Å²) in [7, 11) is 0. The Morgan fingerprint density at radius 3 is 2.86 bits per heavy atom. The molecule has 1 fully saturated rings. The second-order valence-corrected chi connectivity index (χ2v) is 6.67. The fraction of sp³-hybridized carbons (Fsp3) is 0.438.